The third-order valence-electron chi connectivity index (χ3n) is 2.67. The van der Waals surface area contributed by atoms with Crippen LogP contribution in [-0.4, -0.2) is 37.2 Å². The maximum atomic E-state index is 12.4. The molecule has 4 nitrogen and oxygen atoms in total. The SMILES string of the molecule is Cc1cc(OC(C)C)c(I)cc1C(=O)C(C=O)=CN(C)C. The molecule has 0 unspecified atom stereocenters. The van der Waals surface area contributed by atoms with E-state index in [4.69, 9.17) is 4.74 Å². The summed E-state index contributed by atoms with van der Waals surface area (Å²) < 4.78 is 6.55. The highest BCUT2D eigenvalue weighted by Crippen LogP contribution is 2.27. The Morgan fingerprint density at radius 3 is 2.43 bits per heavy atom. The number of hydrogen-bond donors (Lipinski definition) is 0. The van der Waals surface area contributed by atoms with Crippen LogP contribution < -0.4 is 4.74 Å². The van der Waals surface area contributed by atoms with E-state index in [0.717, 1.165) is 14.9 Å². The molecule has 0 aliphatic rings. The number of aldehydes is 1. The summed E-state index contributed by atoms with van der Waals surface area (Å²) in [5.41, 5.74) is 1.45. The van der Waals surface area contributed by atoms with Gasteiger partial charge in [-0.2, -0.15) is 0 Å². The molecule has 0 saturated carbocycles. The first-order valence-electron chi connectivity index (χ1n) is 6.61. The van der Waals surface area contributed by atoms with Crippen LogP contribution >= 0.6 is 22.6 Å². The number of carbonyl (C=O) groups excluding carboxylic acids is 2. The Labute approximate surface area is 139 Å². The van der Waals surface area contributed by atoms with Gasteiger partial charge in [0.25, 0.3) is 0 Å². The average molecular weight is 401 g/mol. The van der Waals surface area contributed by atoms with Gasteiger partial charge in [-0.1, -0.05) is 0 Å². The quantitative estimate of drug-likeness (QED) is 0.183. The zero-order chi connectivity index (χ0) is 16.2. The van der Waals surface area contributed by atoms with Crippen molar-refractivity contribution in [3.05, 3.63) is 38.6 Å². The number of carbonyl (C=O) groups is 2. The van der Waals surface area contributed by atoms with Crippen LogP contribution in [0.4, 0.5) is 0 Å². The predicted octanol–water partition coefficient (Wildman–Crippen LogP) is 3.21. The van der Waals surface area contributed by atoms with E-state index in [1.165, 1.54) is 6.20 Å². The molecule has 0 amide bonds. The van der Waals surface area contributed by atoms with Gasteiger partial charge in [0.2, 0.25) is 0 Å². The number of aryl methyl sites for hydroxylation is 1. The molecule has 1 aromatic rings. The highest BCUT2D eigenvalue weighted by molar-refractivity contribution is 14.1. The fraction of sp³-hybridized carbons (Fsp3) is 0.375. The molecule has 0 radical (unpaired) electrons. The molecule has 1 rings (SSSR count). The Morgan fingerprint density at radius 1 is 1.33 bits per heavy atom. The zero-order valence-electron chi connectivity index (χ0n) is 12.9. The summed E-state index contributed by atoms with van der Waals surface area (Å²) in [4.78, 5) is 25.2. The van der Waals surface area contributed by atoms with Crippen molar-refractivity contribution in [2.45, 2.75) is 26.9 Å². The lowest BCUT2D eigenvalue weighted by Gasteiger charge is -2.15. The molecular weight excluding hydrogens is 381 g/mol. The van der Waals surface area contributed by atoms with Crippen molar-refractivity contribution < 1.29 is 14.3 Å². The van der Waals surface area contributed by atoms with Gasteiger partial charge in [-0.05, 0) is 61.1 Å². The van der Waals surface area contributed by atoms with Crippen LogP contribution in [0.1, 0.15) is 29.8 Å². The van der Waals surface area contributed by atoms with Gasteiger partial charge in [0.05, 0.1) is 15.2 Å². The van der Waals surface area contributed by atoms with Crippen LogP contribution in [0.3, 0.4) is 0 Å². The molecule has 114 valence electrons. The molecule has 1 aromatic carbocycles. The van der Waals surface area contributed by atoms with Crippen molar-refractivity contribution in [3.63, 3.8) is 0 Å². The smallest absolute Gasteiger partial charge is 0.198 e. The first kappa shape index (κ1) is 17.7. The summed E-state index contributed by atoms with van der Waals surface area (Å²) in [6, 6.07) is 3.61. The highest BCUT2D eigenvalue weighted by atomic mass is 127. The van der Waals surface area contributed by atoms with Crippen LogP contribution in [0.15, 0.2) is 23.9 Å². The lowest BCUT2D eigenvalue weighted by Crippen LogP contribution is -2.13. The van der Waals surface area contributed by atoms with Gasteiger partial charge in [0, 0.05) is 25.9 Å². The Morgan fingerprint density at radius 2 is 1.95 bits per heavy atom. The number of rotatable bonds is 6. The number of allylic oxidation sites excluding steroid dienone is 1. The lowest BCUT2D eigenvalue weighted by atomic mass is 10.00. The number of ether oxygens (including phenoxy) is 1. The molecule has 0 saturated heterocycles. The molecule has 0 aliphatic carbocycles. The van der Waals surface area contributed by atoms with Gasteiger partial charge in [0.1, 0.15) is 5.75 Å². The van der Waals surface area contributed by atoms with Crippen molar-refractivity contribution >= 4 is 34.7 Å². The van der Waals surface area contributed by atoms with Crippen molar-refractivity contribution in [1.29, 1.82) is 0 Å². The zero-order valence-corrected chi connectivity index (χ0v) is 15.1. The minimum Gasteiger partial charge on any atom is -0.490 e. The predicted molar refractivity (Wildman–Crippen MR) is 91.8 cm³/mol. The van der Waals surface area contributed by atoms with Crippen molar-refractivity contribution in [2.75, 3.05) is 14.1 Å². The van der Waals surface area contributed by atoms with E-state index < -0.39 is 0 Å². The van der Waals surface area contributed by atoms with Gasteiger partial charge in [-0.25, -0.2) is 0 Å². The normalized spacial score (nSPS) is 11.5. The van der Waals surface area contributed by atoms with Crippen LogP contribution in [0, 0.1) is 10.5 Å². The van der Waals surface area contributed by atoms with Crippen LogP contribution in [0.25, 0.3) is 0 Å². The number of Topliss-reactive ketones (excluding diaryl/α,β-unsaturated/α-hetero) is 1. The molecule has 5 heteroatoms. The minimum atomic E-state index is -0.273. The van der Waals surface area contributed by atoms with Gasteiger partial charge >= 0.3 is 0 Å². The van der Waals surface area contributed by atoms with E-state index >= 15 is 0 Å². The fourth-order valence-electron chi connectivity index (χ4n) is 1.82. The Hall–Kier alpha value is -1.37. The topological polar surface area (TPSA) is 46.6 Å². The third kappa shape index (κ3) is 4.84. The maximum Gasteiger partial charge on any atom is 0.198 e. The van der Waals surface area contributed by atoms with Crippen LogP contribution in [0.5, 0.6) is 5.75 Å². The third-order valence-corrected chi connectivity index (χ3v) is 3.52. The summed E-state index contributed by atoms with van der Waals surface area (Å²) >= 11 is 2.13. The molecule has 21 heavy (non-hydrogen) atoms. The molecule has 0 aromatic heterocycles. The summed E-state index contributed by atoms with van der Waals surface area (Å²) in [6.45, 7) is 5.75. The number of halogens is 1. The highest BCUT2D eigenvalue weighted by Gasteiger charge is 2.17. The Kier molecular flexibility index (Phi) is 6.39. The van der Waals surface area contributed by atoms with E-state index in [1.807, 2.05) is 26.8 Å². The lowest BCUT2D eigenvalue weighted by molar-refractivity contribution is -0.104. The van der Waals surface area contributed by atoms with E-state index in [2.05, 4.69) is 22.6 Å². The molecule has 0 aliphatic heterocycles. The van der Waals surface area contributed by atoms with E-state index in [9.17, 15) is 9.59 Å². The molecule has 0 N–H and O–H groups in total. The molecule has 0 heterocycles. The van der Waals surface area contributed by atoms with Gasteiger partial charge in [-0.3, -0.25) is 9.59 Å². The molecular formula is C16H20INO3. The Bertz CT molecular complexity index is 577. The standard InChI is InChI=1S/C16H20INO3/c1-10(2)21-15-6-11(3)13(7-14(15)17)16(20)12(9-19)8-18(4)5/h6-10H,1-5H3. The molecule has 0 spiro atoms. The second-order valence-electron chi connectivity index (χ2n) is 5.26. The van der Waals surface area contributed by atoms with Crippen molar-refractivity contribution in [2.24, 2.45) is 0 Å². The molecule has 0 bridgehead atoms. The summed E-state index contributed by atoms with van der Waals surface area (Å²) in [6.07, 6.45) is 2.19. The number of hydrogen-bond acceptors (Lipinski definition) is 4. The van der Waals surface area contributed by atoms with Gasteiger partial charge < -0.3 is 9.64 Å². The van der Waals surface area contributed by atoms with E-state index in [-0.39, 0.29) is 17.5 Å². The first-order valence-corrected chi connectivity index (χ1v) is 7.69. The van der Waals surface area contributed by atoms with E-state index in [1.54, 1.807) is 25.1 Å². The summed E-state index contributed by atoms with van der Waals surface area (Å²) in [7, 11) is 3.54. The first-order chi connectivity index (χ1) is 9.76. The number of nitrogens with zero attached hydrogens (tertiary/aromatic N) is 1. The summed E-state index contributed by atoms with van der Waals surface area (Å²) in [5.74, 6) is 0.481. The van der Waals surface area contributed by atoms with E-state index in [0.29, 0.717) is 11.8 Å². The van der Waals surface area contributed by atoms with Crippen molar-refractivity contribution in [1.82, 2.24) is 4.90 Å². The van der Waals surface area contributed by atoms with Crippen molar-refractivity contribution in [3.8, 4) is 5.75 Å². The summed E-state index contributed by atoms with van der Waals surface area (Å²) in [5, 5.41) is 0. The maximum absolute atomic E-state index is 12.4. The average Bonchev–Trinajstić information content (AvgIpc) is 2.38. The molecule has 0 fully saturated rings. The van der Waals surface area contributed by atoms with Gasteiger partial charge in [0.15, 0.2) is 12.1 Å². The monoisotopic (exact) mass is 401 g/mol. The number of benzene rings is 1. The van der Waals surface area contributed by atoms with Gasteiger partial charge in [-0.15, -0.1) is 0 Å². The Balaban J connectivity index is 3.23. The molecule has 0 atom stereocenters. The second-order valence-corrected chi connectivity index (χ2v) is 6.42. The minimum absolute atomic E-state index is 0.0682. The van der Waals surface area contributed by atoms with Crippen LogP contribution in [-0.2, 0) is 4.79 Å². The van der Waals surface area contributed by atoms with Crippen LogP contribution in [0.2, 0.25) is 0 Å². The second kappa shape index (κ2) is 7.59. The fourth-order valence-corrected chi connectivity index (χ4v) is 2.41. The largest absolute Gasteiger partial charge is 0.490 e. The number of ketones is 1.